The van der Waals surface area contributed by atoms with E-state index < -0.39 is 16.1 Å². The van der Waals surface area contributed by atoms with Gasteiger partial charge in [-0.05, 0) is 30.3 Å². The van der Waals surface area contributed by atoms with E-state index in [-0.39, 0.29) is 4.90 Å². The number of nitrogens with one attached hydrogen (secondary N) is 2. The molecule has 21 heavy (non-hydrogen) atoms. The smallest absolute Gasteiger partial charge is 0.327 e. The Bertz CT molecular complexity index is 633. The summed E-state index contributed by atoms with van der Waals surface area (Å²) in [6, 6.07) is 6.91. The summed E-state index contributed by atoms with van der Waals surface area (Å²) in [7, 11) is -3.73. The molecule has 0 radical (unpaired) electrons. The zero-order valence-electron chi connectivity index (χ0n) is 11.1. The number of sulfonamides is 1. The number of hydrazine groups is 1. The lowest BCUT2D eigenvalue weighted by Crippen LogP contribution is -2.44. The van der Waals surface area contributed by atoms with Gasteiger partial charge in [0.15, 0.2) is 0 Å². The second-order valence-electron chi connectivity index (χ2n) is 3.72. The molecule has 0 fully saturated rings. The molecule has 0 unspecified atom stereocenters. The first-order chi connectivity index (χ1) is 9.92. The van der Waals surface area contributed by atoms with E-state index in [4.69, 9.17) is 5.73 Å². The molecule has 0 aliphatic rings. The summed E-state index contributed by atoms with van der Waals surface area (Å²) in [4.78, 5) is 12.2. The Morgan fingerprint density at radius 2 is 1.71 bits per heavy atom. The van der Waals surface area contributed by atoms with Crippen LogP contribution in [0.5, 0.6) is 0 Å². The van der Waals surface area contributed by atoms with E-state index in [0.29, 0.717) is 0 Å². The maximum absolute atomic E-state index is 11.5. The van der Waals surface area contributed by atoms with Crippen LogP contribution in [-0.4, -0.2) is 29.9 Å². The number of primary amides is 1. The third-order valence-corrected chi connectivity index (χ3v) is 3.31. The lowest BCUT2D eigenvalue weighted by Gasteiger charge is -2.06. The van der Waals surface area contributed by atoms with Crippen molar-refractivity contribution in [3.8, 4) is 0 Å². The van der Waals surface area contributed by atoms with Crippen molar-refractivity contribution in [3.05, 3.63) is 48.3 Å². The fourth-order valence-corrected chi connectivity index (χ4v) is 1.95. The van der Waals surface area contributed by atoms with E-state index in [0.717, 1.165) is 5.56 Å². The lowest BCUT2D eigenvalue weighted by molar-refractivity contribution is 0.247. The summed E-state index contributed by atoms with van der Waals surface area (Å²) < 4.78 is 22.9. The van der Waals surface area contributed by atoms with Gasteiger partial charge in [0.2, 0.25) is 0 Å². The highest BCUT2D eigenvalue weighted by atomic mass is 32.2. The summed E-state index contributed by atoms with van der Waals surface area (Å²) in [5.74, 6) is 0. The topological polar surface area (TPSA) is 140 Å². The molecule has 9 nitrogen and oxygen atoms in total. The van der Waals surface area contributed by atoms with Crippen LogP contribution in [-0.2, 0) is 10.0 Å². The predicted octanol–water partition coefficient (Wildman–Crippen LogP) is -0.272. The average Bonchev–Trinajstić information content (AvgIpc) is 2.48. The molecule has 0 saturated heterocycles. The summed E-state index contributed by atoms with van der Waals surface area (Å²) in [5.41, 5.74) is 7.47. The molecular formula is C11H14N6O3S. The van der Waals surface area contributed by atoms with Gasteiger partial charge in [0.25, 0.3) is 10.0 Å². The monoisotopic (exact) mass is 310 g/mol. The molecule has 0 aliphatic carbocycles. The summed E-state index contributed by atoms with van der Waals surface area (Å²) in [5, 5.41) is 10.1. The van der Waals surface area contributed by atoms with E-state index in [9.17, 15) is 13.2 Å². The Kier molecular flexibility index (Phi) is 6.17. The maximum Gasteiger partial charge on any atom is 0.327 e. The van der Waals surface area contributed by atoms with Gasteiger partial charge in [-0.1, -0.05) is 17.7 Å². The molecule has 0 atom stereocenters. The highest BCUT2D eigenvalue weighted by molar-refractivity contribution is 7.89. The van der Waals surface area contributed by atoms with Gasteiger partial charge in [-0.2, -0.15) is 0 Å². The number of nitrogens with two attached hydrogens (primary N) is 1. The second kappa shape index (κ2) is 7.87. The van der Waals surface area contributed by atoms with Gasteiger partial charge in [-0.15, -0.1) is 15.0 Å². The quantitative estimate of drug-likeness (QED) is 0.666. The molecule has 10 heteroatoms. The van der Waals surface area contributed by atoms with Gasteiger partial charge in [-0.3, -0.25) is 5.43 Å². The van der Waals surface area contributed by atoms with E-state index in [1.807, 2.05) is 11.8 Å². The van der Waals surface area contributed by atoms with Crippen LogP contribution in [0, 0.1) is 6.92 Å². The number of urea groups is 1. The van der Waals surface area contributed by atoms with Crippen molar-refractivity contribution in [1.82, 2.24) is 25.7 Å². The van der Waals surface area contributed by atoms with E-state index in [2.05, 4.69) is 15.4 Å². The molecular weight excluding hydrogens is 296 g/mol. The number of carbonyl (C=O) groups is 1. The van der Waals surface area contributed by atoms with Crippen molar-refractivity contribution in [1.29, 1.82) is 0 Å². The lowest BCUT2D eigenvalue weighted by atomic mass is 10.2. The van der Waals surface area contributed by atoms with Crippen LogP contribution in [0.1, 0.15) is 5.56 Å². The minimum Gasteiger partial charge on any atom is -0.351 e. The van der Waals surface area contributed by atoms with Crippen molar-refractivity contribution < 1.29 is 13.2 Å². The van der Waals surface area contributed by atoms with Gasteiger partial charge >= 0.3 is 6.03 Å². The minimum atomic E-state index is -3.73. The van der Waals surface area contributed by atoms with Crippen LogP contribution in [0.15, 0.2) is 47.6 Å². The van der Waals surface area contributed by atoms with Crippen molar-refractivity contribution in [2.75, 3.05) is 0 Å². The predicted molar refractivity (Wildman–Crippen MR) is 74.0 cm³/mol. The van der Waals surface area contributed by atoms with E-state index in [1.165, 1.54) is 12.1 Å². The average molecular weight is 310 g/mol. The number of hydrogen-bond acceptors (Lipinski definition) is 6. The first-order valence-corrected chi connectivity index (χ1v) is 7.12. The van der Waals surface area contributed by atoms with Gasteiger partial charge in [0, 0.05) is 0 Å². The van der Waals surface area contributed by atoms with Gasteiger partial charge in [-0.25, -0.2) is 13.2 Å². The first kappa shape index (κ1) is 16.5. The molecule has 1 heterocycles. The number of aromatic nitrogens is 3. The zero-order valence-corrected chi connectivity index (χ0v) is 11.9. The molecule has 1 aromatic heterocycles. The standard InChI is InChI=1S/C8H11N3O3S.C3H3N3/c1-6-2-4-7(5-3-6)15(13,14)11-10-8(9)12;1-2-4-6-5-3-1/h2-5,11H,1H3,(H3,9,10,12);1-3H. The molecule has 4 N–H and O–H groups in total. The Morgan fingerprint density at radius 1 is 1.14 bits per heavy atom. The van der Waals surface area contributed by atoms with Crippen LogP contribution in [0.3, 0.4) is 0 Å². The number of aryl methyl sites for hydroxylation is 1. The molecule has 0 saturated carbocycles. The number of amides is 2. The van der Waals surface area contributed by atoms with Crippen molar-refractivity contribution in [2.45, 2.75) is 11.8 Å². The number of carbonyl (C=O) groups excluding carboxylic acids is 1. The molecule has 2 amide bonds. The Balaban J connectivity index is 0.000000304. The molecule has 2 rings (SSSR count). The highest BCUT2D eigenvalue weighted by Gasteiger charge is 2.13. The number of benzene rings is 1. The number of hydrogen-bond donors (Lipinski definition) is 3. The van der Waals surface area contributed by atoms with Crippen molar-refractivity contribution in [2.24, 2.45) is 5.73 Å². The molecule has 0 spiro atoms. The first-order valence-electron chi connectivity index (χ1n) is 5.64. The van der Waals surface area contributed by atoms with Crippen LogP contribution < -0.4 is 16.0 Å². The zero-order chi connectivity index (χ0) is 15.7. The minimum absolute atomic E-state index is 0.0573. The normalized spacial score (nSPS) is 10.1. The molecule has 0 bridgehead atoms. The summed E-state index contributed by atoms with van der Waals surface area (Å²) >= 11 is 0. The fraction of sp³-hybridized carbons (Fsp3) is 0.0909. The van der Waals surface area contributed by atoms with E-state index in [1.54, 1.807) is 36.0 Å². The SMILES string of the molecule is Cc1ccc(S(=O)(=O)NNC(N)=O)cc1.c1cnnnc1. The maximum atomic E-state index is 11.5. The Labute approximate surface area is 121 Å². The van der Waals surface area contributed by atoms with Crippen molar-refractivity contribution >= 4 is 16.1 Å². The third kappa shape index (κ3) is 6.40. The number of rotatable bonds is 3. The summed E-state index contributed by atoms with van der Waals surface area (Å²) in [6.07, 6.45) is 3.15. The van der Waals surface area contributed by atoms with E-state index >= 15 is 0 Å². The fourth-order valence-electron chi connectivity index (χ4n) is 1.10. The van der Waals surface area contributed by atoms with Gasteiger partial charge in [0.05, 0.1) is 17.3 Å². The molecule has 1 aromatic carbocycles. The molecule has 2 aromatic rings. The Morgan fingerprint density at radius 3 is 2.10 bits per heavy atom. The molecule has 112 valence electrons. The second-order valence-corrected chi connectivity index (χ2v) is 5.40. The number of nitrogens with zero attached hydrogens (tertiary/aromatic N) is 3. The largest absolute Gasteiger partial charge is 0.351 e. The van der Waals surface area contributed by atoms with Crippen LogP contribution in [0.25, 0.3) is 0 Å². The van der Waals surface area contributed by atoms with Crippen molar-refractivity contribution in [3.63, 3.8) is 0 Å². The highest BCUT2D eigenvalue weighted by Crippen LogP contribution is 2.08. The van der Waals surface area contributed by atoms with Crippen LogP contribution >= 0.6 is 0 Å². The third-order valence-electron chi connectivity index (χ3n) is 2.05. The van der Waals surface area contributed by atoms with Crippen LogP contribution in [0.4, 0.5) is 4.79 Å². The van der Waals surface area contributed by atoms with Gasteiger partial charge < -0.3 is 5.73 Å². The van der Waals surface area contributed by atoms with Gasteiger partial charge in [0.1, 0.15) is 0 Å². The molecule has 0 aliphatic heterocycles. The summed E-state index contributed by atoms with van der Waals surface area (Å²) in [6.45, 7) is 1.84. The van der Waals surface area contributed by atoms with Crippen LogP contribution in [0.2, 0.25) is 0 Å². The Hall–Kier alpha value is -2.59.